The van der Waals surface area contributed by atoms with Crippen LogP contribution in [0.15, 0.2) is 66.7 Å². The lowest BCUT2D eigenvalue weighted by Gasteiger charge is -2.17. The molecule has 0 saturated carbocycles. The van der Waals surface area contributed by atoms with Crippen molar-refractivity contribution in [3.8, 4) is 22.9 Å². The van der Waals surface area contributed by atoms with Crippen LogP contribution >= 0.6 is 0 Å². The molecule has 1 aliphatic rings. The minimum Gasteiger partial charge on any atom is -0.508 e. The molecule has 2 heterocycles. The Labute approximate surface area is 199 Å². The van der Waals surface area contributed by atoms with Crippen molar-refractivity contribution in [2.24, 2.45) is 0 Å². The first kappa shape index (κ1) is 22.3. The summed E-state index contributed by atoms with van der Waals surface area (Å²) in [5.41, 5.74) is 1.54. The van der Waals surface area contributed by atoms with Gasteiger partial charge in [-0.1, -0.05) is 24.3 Å². The third-order valence-electron chi connectivity index (χ3n) is 5.68. The number of halogens is 2. The maximum atomic E-state index is 14.6. The van der Waals surface area contributed by atoms with Crippen molar-refractivity contribution in [2.75, 3.05) is 12.4 Å². The number of nitrogens with one attached hydrogen (secondary N) is 1. The van der Waals surface area contributed by atoms with E-state index < -0.39 is 11.6 Å². The number of rotatable bonds is 6. The number of anilines is 2. The molecule has 3 aromatic carbocycles. The number of amides is 1. The van der Waals surface area contributed by atoms with E-state index in [0.717, 1.165) is 12.1 Å². The maximum absolute atomic E-state index is 14.6. The normalized spacial score (nSPS) is 12.5. The molecule has 5 rings (SSSR count). The minimum atomic E-state index is -0.800. The second-order valence-electron chi connectivity index (χ2n) is 7.96. The summed E-state index contributed by atoms with van der Waals surface area (Å²) in [7, 11) is 1.47. The number of hydrogen-bond donors (Lipinski definition) is 2. The molecule has 35 heavy (non-hydrogen) atoms. The smallest absolute Gasteiger partial charge is 0.260 e. The number of carbonyl (C=O) groups excluding carboxylic acids is 1. The molecule has 7 nitrogen and oxygen atoms in total. The summed E-state index contributed by atoms with van der Waals surface area (Å²) in [6.07, 6.45) is 0. The zero-order valence-electron chi connectivity index (χ0n) is 18.6. The number of ether oxygens (including phenoxy) is 1. The molecule has 0 unspecified atom stereocenters. The van der Waals surface area contributed by atoms with E-state index in [1.807, 2.05) is 18.2 Å². The Morgan fingerprint density at radius 3 is 2.46 bits per heavy atom. The molecule has 0 aliphatic carbocycles. The number of nitrogens with zero attached hydrogens (tertiary/aromatic N) is 3. The van der Waals surface area contributed by atoms with E-state index in [1.165, 1.54) is 30.2 Å². The number of aromatic hydroxyl groups is 1. The molecule has 0 saturated heterocycles. The average Bonchev–Trinajstić information content (AvgIpc) is 3.16. The number of fused-ring (bicyclic) bond motifs is 1. The molecular weight excluding hydrogens is 454 g/mol. The van der Waals surface area contributed by atoms with Gasteiger partial charge in [0.1, 0.15) is 34.5 Å². The maximum Gasteiger partial charge on any atom is 0.260 e. The highest BCUT2D eigenvalue weighted by molar-refractivity contribution is 6.03. The van der Waals surface area contributed by atoms with E-state index in [2.05, 4.69) is 15.3 Å². The Balaban J connectivity index is 1.58. The quantitative estimate of drug-likeness (QED) is 0.407. The number of carbonyl (C=O) groups is 1. The predicted molar refractivity (Wildman–Crippen MR) is 125 cm³/mol. The molecule has 0 radical (unpaired) electrons. The third-order valence-corrected chi connectivity index (χ3v) is 5.68. The number of hydrogen-bond acceptors (Lipinski definition) is 6. The largest absolute Gasteiger partial charge is 0.508 e. The Bertz CT molecular complexity index is 1410. The number of para-hydroxylation sites is 1. The van der Waals surface area contributed by atoms with Crippen molar-refractivity contribution < 1.29 is 23.4 Å². The summed E-state index contributed by atoms with van der Waals surface area (Å²) in [5, 5.41) is 12.8. The van der Waals surface area contributed by atoms with Crippen LogP contribution in [0.1, 0.15) is 21.6 Å². The van der Waals surface area contributed by atoms with Crippen LogP contribution in [0.3, 0.4) is 0 Å². The molecular formula is C26H20F2N4O3. The molecule has 1 aromatic heterocycles. The van der Waals surface area contributed by atoms with Crippen molar-refractivity contribution in [3.05, 3.63) is 95.2 Å². The van der Waals surface area contributed by atoms with Crippen LogP contribution in [0.4, 0.5) is 20.3 Å². The molecule has 4 aromatic rings. The predicted octanol–water partition coefficient (Wildman–Crippen LogP) is 5.04. The highest BCUT2D eigenvalue weighted by Crippen LogP contribution is 2.35. The van der Waals surface area contributed by atoms with Gasteiger partial charge in [-0.15, -0.1) is 0 Å². The number of benzene rings is 3. The Hall–Kier alpha value is -4.53. The summed E-state index contributed by atoms with van der Waals surface area (Å²) >= 11 is 0. The SMILES string of the molecule is COc1cc(O)ccc1CN1Cc2nc(-c3c(F)cccc3F)nc(Nc3ccccc3)c2C1=O. The van der Waals surface area contributed by atoms with Crippen LogP contribution < -0.4 is 10.1 Å². The van der Waals surface area contributed by atoms with Gasteiger partial charge in [-0.05, 0) is 36.4 Å². The summed E-state index contributed by atoms with van der Waals surface area (Å²) in [5.74, 6) is -1.47. The number of aromatic nitrogens is 2. The Morgan fingerprint density at radius 1 is 1.00 bits per heavy atom. The first-order valence-electron chi connectivity index (χ1n) is 10.8. The van der Waals surface area contributed by atoms with Crippen molar-refractivity contribution in [1.29, 1.82) is 0 Å². The van der Waals surface area contributed by atoms with Crippen LogP contribution in [0.25, 0.3) is 11.4 Å². The van der Waals surface area contributed by atoms with Gasteiger partial charge in [-0.3, -0.25) is 4.79 Å². The number of phenols is 1. The molecule has 1 aliphatic heterocycles. The molecule has 9 heteroatoms. The van der Waals surface area contributed by atoms with E-state index in [9.17, 15) is 18.7 Å². The zero-order valence-corrected chi connectivity index (χ0v) is 18.6. The van der Waals surface area contributed by atoms with E-state index in [1.54, 1.807) is 18.2 Å². The van der Waals surface area contributed by atoms with E-state index in [0.29, 0.717) is 22.7 Å². The third kappa shape index (κ3) is 4.23. The first-order valence-corrected chi connectivity index (χ1v) is 10.8. The highest BCUT2D eigenvalue weighted by Gasteiger charge is 2.34. The van der Waals surface area contributed by atoms with Crippen molar-refractivity contribution >= 4 is 17.4 Å². The highest BCUT2D eigenvalue weighted by atomic mass is 19.1. The van der Waals surface area contributed by atoms with Gasteiger partial charge in [0, 0.05) is 17.3 Å². The lowest BCUT2D eigenvalue weighted by molar-refractivity contribution is 0.0766. The number of phenolic OH excluding ortho intramolecular Hbond substituents is 1. The molecule has 0 spiro atoms. The lowest BCUT2D eigenvalue weighted by Crippen LogP contribution is -2.24. The fourth-order valence-corrected chi connectivity index (χ4v) is 4.03. The standard InChI is InChI=1S/C26H20F2N4O3/c1-35-21-12-17(33)11-10-15(21)13-32-14-20-23(26(32)34)25(29-16-6-3-2-4-7-16)31-24(30-20)22-18(27)8-5-9-19(22)28/h2-12,33H,13-14H2,1H3,(H,29,30,31). The molecule has 0 atom stereocenters. The van der Waals surface area contributed by atoms with Gasteiger partial charge in [-0.2, -0.15) is 0 Å². The monoisotopic (exact) mass is 474 g/mol. The topological polar surface area (TPSA) is 87.6 Å². The van der Waals surface area contributed by atoms with Crippen LogP contribution in [-0.4, -0.2) is 33.0 Å². The van der Waals surface area contributed by atoms with Gasteiger partial charge in [0.25, 0.3) is 5.91 Å². The van der Waals surface area contributed by atoms with Crippen molar-refractivity contribution in [2.45, 2.75) is 13.1 Å². The van der Waals surface area contributed by atoms with Gasteiger partial charge in [0.15, 0.2) is 5.82 Å². The van der Waals surface area contributed by atoms with Gasteiger partial charge in [0.2, 0.25) is 0 Å². The summed E-state index contributed by atoms with van der Waals surface area (Å²) in [4.78, 5) is 23.7. The second-order valence-corrected chi connectivity index (χ2v) is 7.96. The van der Waals surface area contributed by atoms with E-state index >= 15 is 0 Å². The summed E-state index contributed by atoms with van der Waals surface area (Å²) in [6.45, 7) is 0.278. The van der Waals surface area contributed by atoms with Crippen molar-refractivity contribution in [3.63, 3.8) is 0 Å². The van der Waals surface area contributed by atoms with E-state index in [-0.39, 0.29) is 47.5 Å². The fraction of sp³-hybridized carbons (Fsp3) is 0.115. The second kappa shape index (κ2) is 9.02. The van der Waals surface area contributed by atoms with Crippen LogP contribution in [-0.2, 0) is 13.1 Å². The van der Waals surface area contributed by atoms with Gasteiger partial charge in [0.05, 0.1) is 31.5 Å². The summed E-state index contributed by atoms with van der Waals surface area (Å²) < 4.78 is 34.4. The lowest BCUT2D eigenvalue weighted by atomic mass is 10.1. The zero-order chi connectivity index (χ0) is 24.5. The molecule has 0 bridgehead atoms. The van der Waals surface area contributed by atoms with Crippen LogP contribution in [0.5, 0.6) is 11.5 Å². The van der Waals surface area contributed by atoms with Gasteiger partial charge < -0.3 is 20.1 Å². The first-order chi connectivity index (χ1) is 16.9. The summed E-state index contributed by atoms with van der Waals surface area (Å²) in [6, 6.07) is 17.2. The van der Waals surface area contributed by atoms with Crippen LogP contribution in [0.2, 0.25) is 0 Å². The minimum absolute atomic E-state index is 0.0402. The Kier molecular flexibility index (Phi) is 5.74. The fourth-order valence-electron chi connectivity index (χ4n) is 4.03. The molecule has 2 N–H and O–H groups in total. The molecule has 0 fully saturated rings. The number of methoxy groups -OCH3 is 1. The average molecular weight is 474 g/mol. The Morgan fingerprint density at radius 2 is 1.74 bits per heavy atom. The molecule has 1 amide bonds. The van der Waals surface area contributed by atoms with E-state index in [4.69, 9.17) is 4.74 Å². The van der Waals surface area contributed by atoms with Gasteiger partial charge >= 0.3 is 0 Å². The van der Waals surface area contributed by atoms with Gasteiger partial charge in [-0.25, -0.2) is 18.7 Å². The van der Waals surface area contributed by atoms with Crippen molar-refractivity contribution in [1.82, 2.24) is 14.9 Å². The van der Waals surface area contributed by atoms with Crippen LogP contribution in [0, 0.1) is 11.6 Å². The molecule has 176 valence electrons.